The van der Waals surface area contributed by atoms with Gasteiger partial charge in [0.25, 0.3) is 0 Å². The van der Waals surface area contributed by atoms with Crippen molar-refractivity contribution in [3.8, 4) is 0 Å². The Bertz CT molecular complexity index is 298. The zero-order valence-electron chi connectivity index (χ0n) is 10.2. The third-order valence-corrected chi connectivity index (χ3v) is 2.69. The molecule has 0 aromatic rings. The average Bonchev–Trinajstić information content (AvgIpc) is 2.38. The summed E-state index contributed by atoms with van der Waals surface area (Å²) in [6.07, 6.45) is 0.701. The molecule has 1 aliphatic heterocycles. The van der Waals surface area contributed by atoms with Crippen LogP contribution in [-0.4, -0.2) is 61.7 Å². The number of rotatable bonds is 7. The van der Waals surface area contributed by atoms with Crippen molar-refractivity contribution in [1.82, 2.24) is 4.90 Å². The second-order valence-electron chi connectivity index (χ2n) is 3.91. The molecule has 1 fully saturated rings. The molecule has 0 atom stereocenters. The maximum absolute atomic E-state index is 10.7. The molecule has 0 aliphatic carbocycles. The van der Waals surface area contributed by atoms with E-state index in [4.69, 9.17) is 20.1 Å². The normalized spacial score (nSPS) is 16.3. The van der Waals surface area contributed by atoms with Gasteiger partial charge in [0.1, 0.15) is 0 Å². The summed E-state index contributed by atoms with van der Waals surface area (Å²) in [6, 6.07) is 0. The van der Waals surface area contributed by atoms with E-state index < -0.39 is 6.09 Å². The predicted molar refractivity (Wildman–Crippen MR) is 63.4 cm³/mol. The molecule has 18 heavy (non-hydrogen) atoms. The van der Waals surface area contributed by atoms with Crippen LogP contribution in [0.4, 0.5) is 4.79 Å². The Labute approximate surface area is 105 Å². The molecule has 8 heteroatoms. The third-order valence-electron chi connectivity index (χ3n) is 2.69. The number of ether oxygens (including phenoxy) is 2. The summed E-state index contributed by atoms with van der Waals surface area (Å²) in [5.41, 5.74) is 8.03. The number of hydrogen-bond donors (Lipinski definition) is 1. The zero-order valence-corrected chi connectivity index (χ0v) is 10.2. The van der Waals surface area contributed by atoms with Gasteiger partial charge in [-0.15, -0.1) is 0 Å². The summed E-state index contributed by atoms with van der Waals surface area (Å²) in [5.74, 6) is 0. The molecule has 0 aromatic carbocycles. The standard InChI is InChI=1S/C10H18N4O4/c11-13-12-3-6-17-7-8-18-9-1-4-14(5-2-9)10(15)16/h9H,1-8H2,(H,15,16). The Morgan fingerprint density at radius 2 is 2.11 bits per heavy atom. The van der Waals surface area contributed by atoms with E-state index in [1.807, 2.05) is 0 Å². The highest BCUT2D eigenvalue weighted by molar-refractivity contribution is 5.64. The summed E-state index contributed by atoms with van der Waals surface area (Å²) in [6.45, 7) is 2.71. The summed E-state index contributed by atoms with van der Waals surface area (Å²) in [7, 11) is 0. The molecular weight excluding hydrogens is 240 g/mol. The number of amides is 1. The molecule has 0 saturated carbocycles. The zero-order chi connectivity index (χ0) is 13.2. The van der Waals surface area contributed by atoms with Gasteiger partial charge in [-0.3, -0.25) is 0 Å². The van der Waals surface area contributed by atoms with E-state index in [1.165, 1.54) is 4.90 Å². The lowest BCUT2D eigenvalue weighted by atomic mass is 10.1. The summed E-state index contributed by atoms with van der Waals surface area (Å²) in [5, 5.41) is 12.1. The second kappa shape index (κ2) is 8.57. The SMILES string of the molecule is [N-]=[N+]=NCCOCCOC1CCN(C(=O)O)CC1. The van der Waals surface area contributed by atoms with Gasteiger partial charge in [0.15, 0.2) is 0 Å². The molecule has 1 rings (SSSR count). The van der Waals surface area contributed by atoms with Crippen LogP contribution in [0.3, 0.4) is 0 Å². The van der Waals surface area contributed by atoms with Crippen LogP contribution in [0.1, 0.15) is 12.8 Å². The van der Waals surface area contributed by atoms with Crippen molar-refractivity contribution in [2.24, 2.45) is 5.11 Å². The second-order valence-corrected chi connectivity index (χ2v) is 3.91. The lowest BCUT2D eigenvalue weighted by molar-refractivity contribution is -0.0189. The van der Waals surface area contributed by atoms with Crippen molar-refractivity contribution in [1.29, 1.82) is 0 Å². The summed E-state index contributed by atoms with van der Waals surface area (Å²) >= 11 is 0. The maximum Gasteiger partial charge on any atom is 0.407 e. The largest absolute Gasteiger partial charge is 0.465 e. The minimum atomic E-state index is -0.866. The van der Waals surface area contributed by atoms with Crippen LogP contribution in [0.5, 0.6) is 0 Å². The van der Waals surface area contributed by atoms with Gasteiger partial charge >= 0.3 is 6.09 Å². The maximum atomic E-state index is 10.7. The van der Waals surface area contributed by atoms with E-state index in [-0.39, 0.29) is 6.10 Å². The highest BCUT2D eigenvalue weighted by atomic mass is 16.5. The molecule has 1 aliphatic rings. The molecule has 0 bridgehead atoms. The van der Waals surface area contributed by atoms with Crippen molar-refractivity contribution < 1.29 is 19.4 Å². The monoisotopic (exact) mass is 258 g/mol. The minimum Gasteiger partial charge on any atom is -0.465 e. The number of azide groups is 1. The van der Waals surface area contributed by atoms with Crippen molar-refractivity contribution in [2.45, 2.75) is 18.9 Å². The fraction of sp³-hybridized carbons (Fsp3) is 0.900. The predicted octanol–water partition coefficient (Wildman–Crippen LogP) is 1.47. The Hall–Kier alpha value is -1.50. The van der Waals surface area contributed by atoms with Gasteiger partial charge in [-0.2, -0.15) is 0 Å². The number of likely N-dealkylation sites (tertiary alicyclic amines) is 1. The molecule has 0 spiro atoms. The number of carbonyl (C=O) groups is 1. The lowest BCUT2D eigenvalue weighted by Gasteiger charge is -2.29. The molecule has 1 saturated heterocycles. The first-order valence-corrected chi connectivity index (χ1v) is 5.92. The first-order valence-electron chi connectivity index (χ1n) is 5.92. The van der Waals surface area contributed by atoms with Gasteiger partial charge in [-0.25, -0.2) is 4.79 Å². The van der Waals surface area contributed by atoms with Gasteiger partial charge < -0.3 is 19.5 Å². The lowest BCUT2D eigenvalue weighted by Crippen LogP contribution is -2.40. The summed E-state index contributed by atoms with van der Waals surface area (Å²) < 4.78 is 10.8. The Kier molecular flexibility index (Phi) is 6.93. The van der Waals surface area contributed by atoms with Crippen molar-refractivity contribution in [3.05, 3.63) is 10.4 Å². The van der Waals surface area contributed by atoms with E-state index in [0.717, 1.165) is 12.8 Å². The highest BCUT2D eigenvalue weighted by Crippen LogP contribution is 2.13. The molecule has 0 unspecified atom stereocenters. The van der Waals surface area contributed by atoms with E-state index >= 15 is 0 Å². The summed E-state index contributed by atoms with van der Waals surface area (Å²) in [4.78, 5) is 14.7. The quantitative estimate of drug-likeness (QED) is 0.323. The first kappa shape index (κ1) is 14.6. The molecule has 1 amide bonds. The number of nitrogens with zero attached hydrogens (tertiary/aromatic N) is 4. The van der Waals surface area contributed by atoms with Gasteiger partial charge in [0.2, 0.25) is 0 Å². The van der Waals surface area contributed by atoms with Gasteiger partial charge in [0.05, 0.1) is 25.9 Å². The van der Waals surface area contributed by atoms with E-state index in [1.54, 1.807) is 0 Å². The smallest absolute Gasteiger partial charge is 0.407 e. The third kappa shape index (κ3) is 5.72. The fourth-order valence-corrected chi connectivity index (χ4v) is 1.74. The highest BCUT2D eigenvalue weighted by Gasteiger charge is 2.22. The fourth-order valence-electron chi connectivity index (χ4n) is 1.74. The van der Waals surface area contributed by atoms with E-state index in [9.17, 15) is 4.79 Å². The van der Waals surface area contributed by atoms with Crippen LogP contribution in [0.2, 0.25) is 0 Å². The van der Waals surface area contributed by atoms with Gasteiger partial charge in [-0.05, 0) is 18.4 Å². The van der Waals surface area contributed by atoms with Crippen LogP contribution in [-0.2, 0) is 9.47 Å². The average molecular weight is 258 g/mol. The van der Waals surface area contributed by atoms with Crippen LogP contribution >= 0.6 is 0 Å². The molecule has 102 valence electrons. The minimum absolute atomic E-state index is 0.112. The van der Waals surface area contributed by atoms with Crippen molar-refractivity contribution in [2.75, 3.05) is 39.5 Å². The molecule has 0 aromatic heterocycles. The molecule has 1 heterocycles. The van der Waals surface area contributed by atoms with Gasteiger partial charge in [-0.1, -0.05) is 5.11 Å². The number of piperidine rings is 1. The van der Waals surface area contributed by atoms with Crippen LogP contribution < -0.4 is 0 Å². The van der Waals surface area contributed by atoms with Crippen LogP contribution in [0.25, 0.3) is 10.4 Å². The van der Waals surface area contributed by atoms with Crippen LogP contribution in [0.15, 0.2) is 5.11 Å². The first-order chi connectivity index (χ1) is 8.74. The Balaban J connectivity index is 1.97. The van der Waals surface area contributed by atoms with E-state index in [2.05, 4.69) is 10.0 Å². The molecule has 1 N–H and O–H groups in total. The topological polar surface area (TPSA) is 108 Å². The molecule has 8 nitrogen and oxygen atoms in total. The molecule has 0 radical (unpaired) electrons. The Morgan fingerprint density at radius 1 is 1.39 bits per heavy atom. The van der Waals surface area contributed by atoms with Crippen molar-refractivity contribution in [3.63, 3.8) is 0 Å². The van der Waals surface area contributed by atoms with Crippen LogP contribution in [0, 0.1) is 0 Å². The Morgan fingerprint density at radius 3 is 2.72 bits per heavy atom. The van der Waals surface area contributed by atoms with Gasteiger partial charge in [0, 0.05) is 24.5 Å². The number of carboxylic acid groups (broad SMARTS) is 1. The van der Waals surface area contributed by atoms with Crippen molar-refractivity contribution >= 4 is 6.09 Å². The van der Waals surface area contributed by atoms with E-state index in [0.29, 0.717) is 39.5 Å². The molecular formula is C10H18N4O4. The number of hydrogen-bond acceptors (Lipinski definition) is 4.